The van der Waals surface area contributed by atoms with E-state index in [1.807, 2.05) is 32.9 Å². The molecule has 0 aromatic heterocycles. The summed E-state index contributed by atoms with van der Waals surface area (Å²) in [5.41, 5.74) is 0.874. The highest BCUT2D eigenvalue weighted by Gasteiger charge is 2.15. The van der Waals surface area contributed by atoms with Gasteiger partial charge in [-0.05, 0) is 51.3 Å². The van der Waals surface area contributed by atoms with Crippen LogP contribution in [0.25, 0.3) is 0 Å². The standard InChI is InChI=1S/C33H58O9/c1-5-6-7-8-9-10-11-12-30-13-15-31(16-14-30)41-28-27-39-24-23-37-20-19-35-17-18-36-21-22-38-25-26-40-29-32(34)42-33(2,3)4/h13-16H,5-12,17-29H2,1-4H3. The molecular weight excluding hydrogens is 540 g/mol. The summed E-state index contributed by atoms with van der Waals surface area (Å²) in [4.78, 5) is 11.5. The smallest absolute Gasteiger partial charge is 0.332 e. The molecule has 9 nitrogen and oxygen atoms in total. The van der Waals surface area contributed by atoms with Crippen LogP contribution in [0.2, 0.25) is 0 Å². The van der Waals surface area contributed by atoms with Crippen molar-refractivity contribution in [2.24, 2.45) is 0 Å². The molecule has 0 aliphatic carbocycles. The molecule has 0 saturated heterocycles. The van der Waals surface area contributed by atoms with Gasteiger partial charge in [0.25, 0.3) is 0 Å². The Morgan fingerprint density at radius 3 is 1.48 bits per heavy atom. The Hall–Kier alpha value is -1.75. The first-order valence-corrected chi connectivity index (χ1v) is 15.8. The zero-order valence-electron chi connectivity index (χ0n) is 26.8. The van der Waals surface area contributed by atoms with Gasteiger partial charge >= 0.3 is 5.97 Å². The number of carbonyl (C=O) groups excluding carboxylic acids is 1. The Morgan fingerprint density at radius 2 is 1.00 bits per heavy atom. The lowest BCUT2D eigenvalue weighted by Crippen LogP contribution is -2.27. The average Bonchev–Trinajstić information content (AvgIpc) is 2.95. The van der Waals surface area contributed by atoms with Crippen LogP contribution in [0, 0.1) is 0 Å². The molecule has 0 fully saturated rings. The molecule has 244 valence electrons. The minimum atomic E-state index is -0.503. The van der Waals surface area contributed by atoms with Gasteiger partial charge in [-0.2, -0.15) is 0 Å². The number of hydrogen-bond acceptors (Lipinski definition) is 9. The first-order chi connectivity index (χ1) is 20.4. The number of benzene rings is 1. The van der Waals surface area contributed by atoms with Gasteiger partial charge in [-0.15, -0.1) is 0 Å². The lowest BCUT2D eigenvalue weighted by molar-refractivity contribution is -0.160. The largest absolute Gasteiger partial charge is 0.491 e. The molecule has 0 amide bonds. The van der Waals surface area contributed by atoms with Crippen LogP contribution in [0.15, 0.2) is 24.3 Å². The normalized spacial score (nSPS) is 11.6. The van der Waals surface area contributed by atoms with Crippen LogP contribution < -0.4 is 4.74 Å². The molecule has 0 spiro atoms. The molecule has 42 heavy (non-hydrogen) atoms. The van der Waals surface area contributed by atoms with E-state index in [1.54, 1.807) is 0 Å². The van der Waals surface area contributed by atoms with E-state index in [4.69, 9.17) is 37.9 Å². The van der Waals surface area contributed by atoms with Crippen LogP contribution >= 0.6 is 0 Å². The fourth-order valence-electron chi connectivity index (χ4n) is 3.88. The fraction of sp³-hybridized carbons (Fsp3) is 0.788. The van der Waals surface area contributed by atoms with Crippen molar-refractivity contribution >= 4 is 5.97 Å². The molecule has 1 rings (SSSR count). The van der Waals surface area contributed by atoms with Crippen LogP contribution in [-0.4, -0.2) is 97.5 Å². The SMILES string of the molecule is CCCCCCCCCc1ccc(OCCOCCOCCOCCOCCOCCOCC(=O)OC(C)(C)C)cc1. The molecule has 0 radical (unpaired) electrons. The van der Waals surface area contributed by atoms with Crippen molar-refractivity contribution in [2.75, 3.05) is 85.9 Å². The van der Waals surface area contributed by atoms with Gasteiger partial charge in [-0.3, -0.25) is 0 Å². The molecule has 0 unspecified atom stereocenters. The number of hydrogen-bond donors (Lipinski definition) is 0. The molecule has 0 aliphatic heterocycles. The Morgan fingerprint density at radius 1 is 0.571 bits per heavy atom. The van der Waals surface area contributed by atoms with Gasteiger partial charge in [0.15, 0.2) is 0 Å². The maximum absolute atomic E-state index is 11.5. The van der Waals surface area contributed by atoms with E-state index in [-0.39, 0.29) is 12.6 Å². The second kappa shape index (κ2) is 26.8. The highest BCUT2D eigenvalue weighted by atomic mass is 16.6. The average molecular weight is 599 g/mol. The molecule has 9 heteroatoms. The third-order valence-corrected chi connectivity index (χ3v) is 5.99. The summed E-state index contributed by atoms with van der Waals surface area (Å²) < 4.78 is 43.5. The van der Waals surface area contributed by atoms with Crippen molar-refractivity contribution in [3.05, 3.63) is 29.8 Å². The summed E-state index contributed by atoms with van der Waals surface area (Å²) in [6.45, 7) is 13.4. The van der Waals surface area contributed by atoms with Gasteiger partial charge in [-0.1, -0.05) is 57.6 Å². The topological polar surface area (TPSA) is 90.9 Å². The van der Waals surface area contributed by atoms with Gasteiger partial charge in [0.05, 0.1) is 72.7 Å². The van der Waals surface area contributed by atoms with Gasteiger partial charge in [-0.25, -0.2) is 4.79 Å². The van der Waals surface area contributed by atoms with Crippen molar-refractivity contribution < 1.29 is 42.7 Å². The second-order valence-corrected chi connectivity index (χ2v) is 11.1. The number of aryl methyl sites for hydroxylation is 1. The highest BCUT2D eigenvalue weighted by Crippen LogP contribution is 2.15. The maximum atomic E-state index is 11.5. The molecular formula is C33H58O9. The van der Waals surface area contributed by atoms with Crippen LogP contribution in [0.4, 0.5) is 0 Å². The zero-order valence-corrected chi connectivity index (χ0v) is 26.8. The lowest BCUT2D eigenvalue weighted by atomic mass is 10.0. The second-order valence-electron chi connectivity index (χ2n) is 11.1. The van der Waals surface area contributed by atoms with Crippen LogP contribution in [0.3, 0.4) is 0 Å². The molecule has 0 atom stereocenters. The van der Waals surface area contributed by atoms with Crippen molar-refractivity contribution in [1.82, 2.24) is 0 Å². The van der Waals surface area contributed by atoms with E-state index in [2.05, 4.69) is 19.1 Å². The summed E-state index contributed by atoms with van der Waals surface area (Å²) in [7, 11) is 0. The van der Waals surface area contributed by atoms with E-state index in [9.17, 15) is 4.79 Å². The quantitative estimate of drug-likeness (QED) is 0.0838. The summed E-state index contributed by atoms with van der Waals surface area (Å²) >= 11 is 0. The van der Waals surface area contributed by atoms with Crippen LogP contribution in [0.5, 0.6) is 5.75 Å². The molecule has 0 saturated carbocycles. The van der Waals surface area contributed by atoms with E-state index in [0.717, 1.165) is 12.2 Å². The fourth-order valence-corrected chi connectivity index (χ4v) is 3.88. The molecule has 0 heterocycles. The number of unbranched alkanes of at least 4 members (excludes halogenated alkanes) is 6. The van der Waals surface area contributed by atoms with Crippen LogP contribution in [0.1, 0.15) is 78.2 Å². The van der Waals surface area contributed by atoms with E-state index < -0.39 is 5.60 Å². The first-order valence-electron chi connectivity index (χ1n) is 15.8. The van der Waals surface area contributed by atoms with E-state index in [1.165, 1.54) is 50.5 Å². The van der Waals surface area contributed by atoms with Gasteiger partial charge in [0.2, 0.25) is 0 Å². The van der Waals surface area contributed by atoms with E-state index >= 15 is 0 Å². The van der Waals surface area contributed by atoms with Crippen LogP contribution in [-0.2, 0) is 44.4 Å². The minimum absolute atomic E-state index is 0.0744. The van der Waals surface area contributed by atoms with Crippen molar-refractivity contribution in [3.8, 4) is 5.75 Å². The summed E-state index contributed by atoms with van der Waals surface area (Å²) in [5.74, 6) is 0.504. The maximum Gasteiger partial charge on any atom is 0.332 e. The summed E-state index contributed by atoms with van der Waals surface area (Å²) in [5, 5.41) is 0. The minimum Gasteiger partial charge on any atom is -0.491 e. The van der Waals surface area contributed by atoms with Crippen molar-refractivity contribution in [2.45, 2.75) is 84.7 Å². The number of carbonyl (C=O) groups is 1. The van der Waals surface area contributed by atoms with Crippen molar-refractivity contribution in [3.63, 3.8) is 0 Å². The molecule has 0 N–H and O–H groups in total. The number of esters is 1. The third kappa shape index (κ3) is 25.9. The Kier molecular flexibility index (Phi) is 24.5. The lowest BCUT2D eigenvalue weighted by Gasteiger charge is -2.19. The first kappa shape index (κ1) is 38.3. The molecule has 0 aliphatic rings. The van der Waals surface area contributed by atoms with E-state index in [0.29, 0.717) is 79.3 Å². The molecule has 1 aromatic rings. The third-order valence-electron chi connectivity index (χ3n) is 5.99. The number of ether oxygens (including phenoxy) is 8. The summed E-state index contributed by atoms with van der Waals surface area (Å²) in [6, 6.07) is 8.43. The predicted molar refractivity (Wildman–Crippen MR) is 164 cm³/mol. The predicted octanol–water partition coefficient (Wildman–Crippen LogP) is 5.80. The van der Waals surface area contributed by atoms with Gasteiger partial charge in [0, 0.05) is 0 Å². The number of rotatable bonds is 29. The zero-order chi connectivity index (χ0) is 30.6. The molecule has 0 bridgehead atoms. The van der Waals surface area contributed by atoms with Gasteiger partial charge in [0.1, 0.15) is 24.6 Å². The van der Waals surface area contributed by atoms with Gasteiger partial charge < -0.3 is 37.9 Å². The van der Waals surface area contributed by atoms with Crippen molar-refractivity contribution in [1.29, 1.82) is 0 Å². The Labute approximate surface area is 254 Å². The highest BCUT2D eigenvalue weighted by molar-refractivity contribution is 5.71. The Balaban J connectivity index is 1.78. The summed E-state index contributed by atoms with van der Waals surface area (Å²) in [6.07, 6.45) is 10.5. The Bertz CT molecular complexity index is 734. The molecule has 1 aromatic carbocycles. The monoisotopic (exact) mass is 598 g/mol.